The Balaban J connectivity index is 1.43. The molecule has 1 atom stereocenters. The van der Waals surface area contributed by atoms with E-state index >= 15 is 0 Å². The second-order valence-corrected chi connectivity index (χ2v) is 10.2. The lowest BCUT2D eigenvalue weighted by Gasteiger charge is -2.26. The van der Waals surface area contributed by atoms with Crippen LogP contribution in [-0.2, 0) is 11.2 Å². The summed E-state index contributed by atoms with van der Waals surface area (Å²) < 4.78 is 1.91. The number of hydrogen-bond acceptors (Lipinski definition) is 5. The molecule has 1 aliphatic rings. The second-order valence-electron chi connectivity index (χ2n) is 10.2. The lowest BCUT2D eigenvalue weighted by molar-refractivity contribution is -0.132. The van der Waals surface area contributed by atoms with Crippen molar-refractivity contribution in [3.8, 4) is 5.69 Å². The van der Waals surface area contributed by atoms with Gasteiger partial charge in [-0.3, -0.25) is 4.79 Å². The molecule has 0 unspecified atom stereocenters. The Morgan fingerprint density at radius 3 is 2.35 bits per heavy atom. The van der Waals surface area contributed by atoms with Crippen LogP contribution in [0.15, 0.2) is 66.9 Å². The lowest BCUT2D eigenvalue weighted by Crippen LogP contribution is -2.38. The number of anilines is 1. The summed E-state index contributed by atoms with van der Waals surface area (Å²) >= 11 is 0. The van der Waals surface area contributed by atoms with Crippen molar-refractivity contribution in [3.63, 3.8) is 0 Å². The van der Waals surface area contributed by atoms with E-state index in [1.165, 1.54) is 0 Å². The molecule has 2 aromatic heterocycles. The van der Waals surface area contributed by atoms with Gasteiger partial charge in [-0.2, -0.15) is 5.10 Å². The van der Waals surface area contributed by atoms with Gasteiger partial charge in [-0.05, 0) is 36.5 Å². The van der Waals surface area contributed by atoms with E-state index in [-0.39, 0.29) is 11.8 Å². The van der Waals surface area contributed by atoms with Gasteiger partial charge in [-0.25, -0.2) is 14.6 Å². The third kappa shape index (κ3) is 5.36. The van der Waals surface area contributed by atoms with Gasteiger partial charge in [0.2, 0.25) is 5.91 Å². The molecule has 4 aromatic rings. The van der Waals surface area contributed by atoms with Gasteiger partial charge in [0.05, 0.1) is 23.2 Å². The van der Waals surface area contributed by atoms with Crippen molar-refractivity contribution in [2.75, 3.05) is 31.1 Å². The van der Waals surface area contributed by atoms with E-state index in [0.717, 1.165) is 72.8 Å². The Kier molecular flexibility index (Phi) is 7.49. The maximum Gasteiger partial charge on any atom is 0.230 e. The Morgan fingerprint density at radius 2 is 1.65 bits per heavy atom. The summed E-state index contributed by atoms with van der Waals surface area (Å²) in [6, 6.07) is 20.3. The van der Waals surface area contributed by atoms with Gasteiger partial charge < -0.3 is 9.80 Å². The van der Waals surface area contributed by atoms with Gasteiger partial charge in [-0.15, -0.1) is 0 Å². The van der Waals surface area contributed by atoms with Crippen LogP contribution in [0.3, 0.4) is 0 Å². The third-order valence-corrected chi connectivity index (χ3v) is 7.06. The third-order valence-electron chi connectivity index (χ3n) is 7.06. The molecule has 3 heterocycles. The summed E-state index contributed by atoms with van der Waals surface area (Å²) in [4.78, 5) is 27.9. The number of nitrogens with zero attached hydrogens (tertiary/aromatic N) is 6. The smallest absolute Gasteiger partial charge is 0.230 e. The molecule has 1 amide bonds. The second kappa shape index (κ2) is 11.1. The Hall–Kier alpha value is -3.74. The SMILES string of the molecule is CC[C@H](C(=O)N1CCCN(c2nc(CC(C)C)nc3c2cnn3-c2ccccc2)CC1)c1ccccc1. The van der Waals surface area contributed by atoms with Crippen molar-refractivity contribution in [2.24, 2.45) is 5.92 Å². The molecule has 0 aliphatic carbocycles. The molecule has 1 aliphatic heterocycles. The maximum absolute atomic E-state index is 13.5. The molecule has 0 bridgehead atoms. The summed E-state index contributed by atoms with van der Waals surface area (Å²) in [7, 11) is 0. The molecule has 5 rings (SSSR count). The minimum Gasteiger partial charge on any atom is -0.354 e. The normalized spacial score (nSPS) is 15.2. The minimum absolute atomic E-state index is 0.0970. The number of rotatable bonds is 7. The van der Waals surface area contributed by atoms with Crippen LogP contribution in [0, 0.1) is 5.92 Å². The first kappa shape index (κ1) is 24.9. The number of benzene rings is 2. The van der Waals surface area contributed by atoms with Crippen LogP contribution < -0.4 is 4.90 Å². The molecule has 0 saturated carbocycles. The molecule has 1 fully saturated rings. The fourth-order valence-electron chi connectivity index (χ4n) is 5.20. The molecular formula is C30H36N6O. The van der Waals surface area contributed by atoms with Crippen molar-refractivity contribution < 1.29 is 4.79 Å². The minimum atomic E-state index is -0.0970. The van der Waals surface area contributed by atoms with Crippen LogP contribution >= 0.6 is 0 Å². The van der Waals surface area contributed by atoms with Gasteiger partial charge in [0.15, 0.2) is 5.65 Å². The predicted molar refractivity (Wildman–Crippen MR) is 148 cm³/mol. The van der Waals surface area contributed by atoms with Crippen LogP contribution in [0.25, 0.3) is 16.7 Å². The summed E-state index contributed by atoms with van der Waals surface area (Å²) in [6.45, 7) is 9.49. The molecule has 2 aromatic carbocycles. The number of fused-ring (bicyclic) bond motifs is 1. The topological polar surface area (TPSA) is 67.2 Å². The first-order chi connectivity index (χ1) is 18.0. The first-order valence-electron chi connectivity index (χ1n) is 13.4. The summed E-state index contributed by atoms with van der Waals surface area (Å²) in [5, 5.41) is 5.65. The molecule has 0 radical (unpaired) electrons. The zero-order valence-electron chi connectivity index (χ0n) is 22.0. The van der Waals surface area contributed by atoms with Crippen LogP contribution in [0.5, 0.6) is 0 Å². The number of carbonyl (C=O) groups is 1. The van der Waals surface area contributed by atoms with Gasteiger partial charge in [0.25, 0.3) is 0 Å². The van der Waals surface area contributed by atoms with Crippen LogP contribution in [0.4, 0.5) is 5.82 Å². The zero-order chi connectivity index (χ0) is 25.8. The van der Waals surface area contributed by atoms with Crippen molar-refractivity contribution in [1.82, 2.24) is 24.6 Å². The van der Waals surface area contributed by atoms with E-state index in [1.54, 1.807) is 0 Å². The highest BCUT2D eigenvalue weighted by Crippen LogP contribution is 2.28. The number of carbonyl (C=O) groups excluding carboxylic acids is 1. The van der Waals surface area contributed by atoms with Crippen LogP contribution in [0.1, 0.15) is 50.9 Å². The molecular weight excluding hydrogens is 460 g/mol. The number of aromatic nitrogens is 4. The van der Waals surface area contributed by atoms with Crippen molar-refractivity contribution >= 4 is 22.8 Å². The van der Waals surface area contributed by atoms with Crippen molar-refractivity contribution in [1.29, 1.82) is 0 Å². The highest BCUT2D eigenvalue weighted by atomic mass is 16.2. The van der Waals surface area contributed by atoms with Crippen molar-refractivity contribution in [2.45, 2.75) is 46.0 Å². The highest BCUT2D eigenvalue weighted by molar-refractivity contribution is 5.88. The van der Waals surface area contributed by atoms with Gasteiger partial charge in [0, 0.05) is 32.6 Å². The highest BCUT2D eigenvalue weighted by Gasteiger charge is 2.28. The summed E-state index contributed by atoms with van der Waals surface area (Å²) in [6.07, 6.45) is 4.38. The lowest BCUT2D eigenvalue weighted by atomic mass is 9.95. The van der Waals surface area contributed by atoms with Crippen LogP contribution in [-0.4, -0.2) is 56.7 Å². The van der Waals surface area contributed by atoms with Crippen LogP contribution in [0.2, 0.25) is 0 Å². The molecule has 1 saturated heterocycles. The molecule has 0 spiro atoms. The van der Waals surface area contributed by atoms with E-state index < -0.39 is 0 Å². The Labute approximate surface area is 219 Å². The molecule has 37 heavy (non-hydrogen) atoms. The Morgan fingerprint density at radius 1 is 0.919 bits per heavy atom. The standard InChI is InChI=1S/C30H36N6O/c1-4-25(23-12-7-5-8-13-23)30(37)35-17-11-16-34(18-19-35)28-26-21-31-36(24-14-9-6-10-15-24)29(26)33-27(32-28)20-22(2)3/h5-10,12-15,21-22,25H,4,11,16-20H2,1-3H3/t25-/m0/s1. The van der Waals surface area contributed by atoms with Gasteiger partial charge in [0.1, 0.15) is 11.6 Å². The van der Waals surface area contributed by atoms with Gasteiger partial charge >= 0.3 is 0 Å². The number of para-hydroxylation sites is 1. The Bertz CT molecular complexity index is 1330. The molecule has 0 N–H and O–H groups in total. The summed E-state index contributed by atoms with van der Waals surface area (Å²) in [5.41, 5.74) is 2.91. The zero-order valence-corrected chi connectivity index (χ0v) is 22.0. The fourth-order valence-corrected chi connectivity index (χ4v) is 5.20. The van der Waals surface area contributed by atoms with E-state index in [1.807, 2.05) is 64.3 Å². The quantitative estimate of drug-likeness (QED) is 0.350. The maximum atomic E-state index is 13.5. The van der Waals surface area contributed by atoms with E-state index in [2.05, 4.69) is 37.8 Å². The molecule has 192 valence electrons. The average Bonchev–Trinajstić information content (AvgIpc) is 3.18. The van der Waals surface area contributed by atoms with E-state index in [9.17, 15) is 4.79 Å². The monoisotopic (exact) mass is 496 g/mol. The average molecular weight is 497 g/mol. The summed E-state index contributed by atoms with van der Waals surface area (Å²) in [5.74, 6) is 2.33. The largest absolute Gasteiger partial charge is 0.354 e. The van der Waals surface area contributed by atoms with Crippen molar-refractivity contribution in [3.05, 3.63) is 78.2 Å². The first-order valence-corrected chi connectivity index (χ1v) is 13.4. The van der Waals surface area contributed by atoms with E-state index in [0.29, 0.717) is 12.5 Å². The number of amides is 1. The van der Waals surface area contributed by atoms with Gasteiger partial charge in [-0.1, -0.05) is 69.3 Å². The number of hydrogen-bond donors (Lipinski definition) is 0. The molecule has 7 heteroatoms. The fraction of sp³-hybridized carbons (Fsp3) is 0.400. The van der Waals surface area contributed by atoms with E-state index in [4.69, 9.17) is 15.1 Å². The predicted octanol–water partition coefficient (Wildman–Crippen LogP) is 5.25. The molecule has 7 nitrogen and oxygen atoms in total.